The maximum atomic E-state index is 6.32. The van der Waals surface area contributed by atoms with Crippen molar-refractivity contribution in [3.05, 3.63) is 58.9 Å². The summed E-state index contributed by atoms with van der Waals surface area (Å²) in [5.74, 6) is 0. The first kappa shape index (κ1) is 14.8. The predicted molar refractivity (Wildman–Crippen MR) is 85.1 cm³/mol. The van der Waals surface area contributed by atoms with Crippen LogP contribution in [-0.4, -0.2) is 18.1 Å². The van der Waals surface area contributed by atoms with Gasteiger partial charge in [-0.2, -0.15) is 0 Å². The van der Waals surface area contributed by atoms with Crippen LogP contribution in [0.25, 0.3) is 0 Å². The summed E-state index contributed by atoms with van der Waals surface area (Å²) >= 11 is 6.32. The zero-order chi connectivity index (χ0) is 14.5. The second-order valence-electron chi connectivity index (χ2n) is 5.10. The van der Waals surface area contributed by atoms with Gasteiger partial charge in [-0.25, -0.2) is 0 Å². The van der Waals surface area contributed by atoms with Crippen molar-refractivity contribution in [2.45, 2.75) is 25.9 Å². The molecule has 1 aromatic carbocycles. The zero-order valence-electron chi connectivity index (χ0n) is 11.9. The number of anilines is 1. The second-order valence-corrected chi connectivity index (χ2v) is 5.50. The van der Waals surface area contributed by atoms with Crippen molar-refractivity contribution in [1.29, 1.82) is 0 Å². The number of hydrogen-bond donors (Lipinski definition) is 1. The van der Waals surface area contributed by atoms with Gasteiger partial charge < -0.3 is 10.6 Å². The Kier molecular flexibility index (Phi) is 4.99. The molecule has 0 saturated carbocycles. The van der Waals surface area contributed by atoms with Crippen LogP contribution in [0, 0.1) is 0 Å². The molecule has 2 N–H and O–H groups in total. The zero-order valence-corrected chi connectivity index (χ0v) is 12.6. The standard InChI is InChI=1S/C16H20ClN3/c1-12(18)10-14-15(17)7-5-8-16(14)20(2)11-13-6-3-4-9-19-13/h3-9,12H,10-11,18H2,1-2H3. The Morgan fingerprint density at radius 1 is 1.25 bits per heavy atom. The smallest absolute Gasteiger partial charge is 0.0598 e. The Balaban J connectivity index is 2.25. The molecule has 0 spiro atoms. The summed E-state index contributed by atoms with van der Waals surface area (Å²) in [6, 6.07) is 12.0. The minimum Gasteiger partial charge on any atom is -0.368 e. The molecule has 3 nitrogen and oxygen atoms in total. The molecule has 1 aromatic heterocycles. The van der Waals surface area contributed by atoms with Crippen molar-refractivity contribution in [1.82, 2.24) is 4.98 Å². The highest BCUT2D eigenvalue weighted by atomic mass is 35.5. The van der Waals surface area contributed by atoms with E-state index in [1.807, 2.05) is 50.5 Å². The molecule has 0 amide bonds. The monoisotopic (exact) mass is 289 g/mol. The average molecular weight is 290 g/mol. The third kappa shape index (κ3) is 3.71. The van der Waals surface area contributed by atoms with Crippen molar-refractivity contribution in [3.63, 3.8) is 0 Å². The largest absolute Gasteiger partial charge is 0.368 e. The minimum absolute atomic E-state index is 0.0805. The molecule has 0 aliphatic carbocycles. The lowest BCUT2D eigenvalue weighted by molar-refractivity contribution is 0.733. The molecule has 2 aromatic rings. The summed E-state index contributed by atoms with van der Waals surface area (Å²) < 4.78 is 0. The number of nitrogens with two attached hydrogens (primary N) is 1. The molecule has 1 heterocycles. The Labute approximate surface area is 125 Å². The summed E-state index contributed by atoms with van der Waals surface area (Å²) in [4.78, 5) is 6.52. The molecule has 0 aliphatic heterocycles. The van der Waals surface area contributed by atoms with E-state index in [0.29, 0.717) is 0 Å². The number of aromatic nitrogens is 1. The van der Waals surface area contributed by atoms with Gasteiger partial charge in [0.05, 0.1) is 12.2 Å². The van der Waals surface area contributed by atoms with Crippen LogP contribution in [0.5, 0.6) is 0 Å². The number of hydrogen-bond acceptors (Lipinski definition) is 3. The fourth-order valence-electron chi connectivity index (χ4n) is 2.25. The fraction of sp³-hybridized carbons (Fsp3) is 0.312. The number of halogens is 1. The molecule has 4 heteroatoms. The Hall–Kier alpha value is -1.58. The van der Waals surface area contributed by atoms with Gasteiger partial charge in [0, 0.05) is 30.0 Å². The van der Waals surface area contributed by atoms with Gasteiger partial charge in [-0.15, -0.1) is 0 Å². The van der Waals surface area contributed by atoms with Crippen LogP contribution in [0.2, 0.25) is 5.02 Å². The van der Waals surface area contributed by atoms with Crippen LogP contribution >= 0.6 is 11.6 Å². The summed E-state index contributed by atoms with van der Waals surface area (Å²) in [5.41, 5.74) is 9.17. The van der Waals surface area contributed by atoms with Crippen LogP contribution < -0.4 is 10.6 Å². The first-order chi connectivity index (χ1) is 9.58. The number of rotatable bonds is 5. The second kappa shape index (κ2) is 6.73. The van der Waals surface area contributed by atoms with Crippen molar-refractivity contribution in [2.24, 2.45) is 5.73 Å². The summed E-state index contributed by atoms with van der Waals surface area (Å²) in [6.07, 6.45) is 2.57. The van der Waals surface area contributed by atoms with E-state index in [9.17, 15) is 0 Å². The maximum absolute atomic E-state index is 6.32. The van der Waals surface area contributed by atoms with Gasteiger partial charge in [-0.1, -0.05) is 23.7 Å². The van der Waals surface area contributed by atoms with Crippen molar-refractivity contribution in [3.8, 4) is 0 Å². The third-order valence-corrected chi connectivity index (χ3v) is 3.51. The summed E-state index contributed by atoms with van der Waals surface area (Å²) in [5, 5.41) is 0.771. The van der Waals surface area contributed by atoms with E-state index >= 15 is 0 Å². The molecule has 0 radical (unpaired) electrons. The fourth-order valence-corrected chi connectivity index (χ4v) is 2.50. The van der Waals surface area contributed by atoms with Crippen molar-refractivity contribution < 1.29 is 0 Å². The molecule has 2 rings (SSSR count). The van der Waals surface area contributed by atoms with E-state index in [0.717, 1.165) is 34.9 Å². The van der Waals surface area contributed by atoms with E-state index in [2.05, 4.69) is 16.0 Å². The molecule has 20 heavy (non-hydrogen) atoms. The highest BCUT2D eigenvalue weighted by Crippen LogP contribution is 2.28. The highest BCUT2D eigenvalue weighted by Gasteiger charge is 2.13. The van der Waals surface area contributed by atoms with Gasteiger partial charge in [-0.05, 0) is 43.2 Å². The van der Waals surface area contributed by atoms with Gasteiger partial charge in [0.15, 0.2) is 0 Å². The summed E-state index contributed by atoms with van der Waals surface area (Å²) in [7, 11) is 2.05. The van der Waals surface area contributed by atoms with E-state index in [-0.39, 0.29) is 6.04 Å². The van der Waals surface area contributed by atoms with E-state index in [4.69, 9.17) is 17.3 Å². The topological polar surface area (TPSA) is 42.1 Å². The van der Waals surface area contributed by atoms with Gasteiger partial charge >= 0.3 is 0 Å². The van der Waals surface area contributed by atoms with Gasteiger partial charge in [0.2, 0.25) is 0 Å². The average Bonchev–Trinajstić information content (AvgIpc) is 2.41. The van der Waals surface area contributed by atoms with Crippen molar-refractivity contribution >= 4 is 17.3 Å². The lowest BCUT2D eigenvalue weighted by atomic mass is 10.0. The lowest BCUT2D eigenvalue weighted by Crippen LogP contribution is -2.23. The van der Waals surface area contributed by atoms with Crippen molar-refractivity contribution in [2.75, 3.05) is 11.9 Å². The summed E-state index contributed by atoms with van der Waals surface area (Å²) in [6.45, 7) is 2.74. The predicted octanol–water partition coefficient (Wildman–Crippen LogP) is 3.26. The van der Waals surface area contributed by atoms with Gasteiger partial charge in [0.1, 0.15) is 0 Å². The molecular weight excluding hydrogens is 270 g/mol. The Bertz CT molecular complexity index is 555. The molecule has 0 aliphatic rings. The molecule has 106 valence electrons. The first-order valence-corrected chi connectivity index (χ1v) is 7.09. The minimum atomic E-state index is 0.0805. The quantitative estimate of drug-likeness (QED) is 0.919. The van der Waals surface area contributed by atoms with Crippen LogP contribution in [-0.2, 0) is 13.0 Å². The van der Waals surface area contributed by atoms with Crippen LogP contribution in [0.1, 0.15) is 18.2 Å². The Morgan fingerprint density at radius 3 is 2.70 bits per heavy atom. The molecule has 0 saturated heterocycles. The maximum Gasteiger partial charge on any atom is 0.0598 e. The van der Waals surface area contributed by atoms with E-state index in [1.54, 1.807) is 0 Å². The molecule has 0 bridgehead atoms. The van der Waals surface area contributed by atoms with Crippen LogP contribution in [0.4, 0.5) is 5.69 Å². The number of nitrogens with zero attached hydrogens (tertiary/aromatic N) is 2. The lowest BCUT2D eigenvalue weighted by Gasteiger charge is -2.23. The number of pyridine rings is 1. The van der Waals surface area contributed by atoms with Crippen LogP contribution in [0.15, 0.2) is 42.6 Å². The first-order valence-electron chi connectivity index (χ1n) is 6.72. The normalized spacial score (nSPS) is 12.2. The molecule has 0 fully saturated rings. The van der Waals surface area contributed by atoms with Gasteiger partial charge in [-0.3, -0.25) is 4.98 Å². The Morgan fingerprint density at radius 2 is 2.05 bits per heavy atom. The van der Waals surface area contributed by atoms with Crippen LogP contribution in [0.3, 0.4) is 0 Å². The SMILES string of the molecule is CC(N)Cc1c(Cl)cccc1N(C)Cc1ccccn1. The van der Waals surface area contributed by atoms with Gasteiger partial charge in [0.25, 0.3) is 0 Å². The third-order valence-electron chi connectivity index (χ3n) is 3.16. The molecule has 1 atom stereocenters. The van der Waals surface area contributed by atoms with E-state index < -0.39 is 0 Å². The van der Waals surface area contributed by atoms with E-state index in [1.165, 1.54) is 0 Å². The number of benzene rings is 1. The molecular formula is C16H20ClN3. The highest BCUT2D eigenvalue weighted by molar-refractivity contribution is 6.31. The molecule has 1 unspecified atom stereocenters.